The summed E-state index contributed by atoms with van der Waals surface area (Å²) in [6, 6.07) is 5.46. The lowest BCUT2D eigenvalue weighted by molar-refractivity contribution is 0.108. The van der Waals surface area contributed by atoms with Crippen molar-refractivity contribution in [2.45, 2.75) is 0 Å². The van der Waals surface area contributed by atoms with Crippen LogP contribution in [0, 0.1) is 0 Å². The highest BCUT2D eigenvalue weighted by molar-refractivity contribution is 6.68. The summed E-state index contributed by atoms with van der Waals surface area (Å²) in [6.07, 6.45) is 3.23. The number of aromatic nitrogens is 2. The smallest absolute Gasteiger partial charge is 0.256 e. The maximum atomic E-state index is 10.8. The second-order valence-corrected chi connectivity index (χ2v) is 2.71. The summed E-state index contributed by atoms with van der Waals surface area (Å²) in [5.74, 6) is 0. The van der Waals surface area contributed by atoms with Gasteiger partial charge in [0.2, 0.25) is 0 Å². The van der Waals surface area contributed by atoms with Crippen LogP contribution in [0.1, 0.15) is 10.4 Å². The van der Waals surface area contributed by atoms with Gasteiger partial charge in [0.15, 0.2) is 0 Å². The molecule has 0 fully saturated rings. The number of carbonyl (C=O) groups is 1. The Balaban J connectivity index is 2.79. The van der Waals surface area contributed by atoms with Crippen LogP contribution in [0.2, 0.25) is 0 Å². The third-order valence-electron chi connectivity index (χ3n) is 1.64. The molecule has 2 rings (SSSR count). The van der Waals surface area contributed by atoms with Crippen molar-refractivity contribution in [1.29, 1.82) is 0 Å². The third-order valence-corrected chi connectivity index (χ3v) is 1.84. The van der Waals surface area contributed by atoms with Gasteiger partial charge in [-0.15, -0.1) is 0 Å². The third kappa shape index (κ3) is 0.987. The van der Waals surface area contributed by atoms with Gasteiger partial charge in [0.1, 0.15) is 0 Å². The van der Waals surface area contributed by atoms with Crippen molar-refractivity contribution >= 4 is 22.4 Å². The quantitative estimate of drug-likeness (QED) is 0.627. The first-order chi connectivity index (χ1) is 5.79. The van der Waals surface area contributed by atoms with Crippen LogP contribution < -0.4 is 0 Å². The summed E-state index contributed by atoms with van der Waals surface area (Å²) in [5.41, 5.74) is 1.18. The molecule has 0 saturated carbocycles. The summed E-state index contributed by atoms with van der Waals surface area (Å²) >= 11 is 5.33. The van der Waals surface area contributed by atoms with Crippen LogP contribution in [-0.2, 0) is 0 Å². The van der Waals surface area contributed by atoms with Crippen LogP contribution >= 0.6 is 11.6 Å². The largest absolute Gasteiger partial charge is 0.275 e. The van der Waals surface area contributed by atoms with Crippen LogP contribution in [0.25, 0.3) is 5.52 Å². The predicted octanol–water partition coefficient (Wildman–Crippen LogP) is 1.71. The molecule has 0 saturated heterocycles. The molecule has 0 aliphatic carbocycles. The second kappa shape index (κ2) is 2.60. The SMILES string of the molecule is O=C(Cl)c1cnn2ccccc12. The predicted molar refractivity (Wildman–Crippen MR) is 45.4 cm³/mol. The number of hydrogen-bond acceptors (Lipinski definition) is 2. The Morgan fingerprint density at radius 2 is 2.33 bits per heavy atom. The molecule has 2 heterocycles. The van der Waals surface area contributed by atoms with E-state index in [0.717, 1.165) is 5.52 Å². The topological polar surface area (TPSA) is 34.4 Å². The molecule has 0 aliphatic heterocycles. The zero-order chi connectivity index (χ0) is 8.55. The lowest BCUT2D eigenvalue weighted by Gasteiger charge is -1.90. The number of pyridine rings is 1. The number of rotatable bonds is 1. The first-order valence-electron chi connectivity index (χ1n) is 3.41. The molecule has 0 N–H and O–H groups in total. The minimum Gasteiger partial charge on any atom is -0.275 e. The monoisotopic (exact) mass is 180 g/mol. The highest BCUT2D eigenvalue weighted by atomic mass is 35.5. The number of hydrogen-bond donors (Lipinski definition) is 0. The van der Waals surface area contributed by atoms with Crippen molar-refractivity contribution in [3.8, 4) is 0 Å². The fourth-order valence-corrected chi connectivity index (χ4v) is 1.23. The standard InChI is InChI=1S/C8H5ClN2O/c9-8(12)6-5-10-11-4-2-1-3-7(6)11/h1-5H. The Morgan fingerprint density at radius 3 is 3.08 bits per heavy atom. The Hall–Kier alpha value is -1.35. The molecule has 0 aromatic carbocycles. The van der Waals surface area contributed by atoms with Crippen LogP contribution in [-0.4, -0.2) is 14.9 Å². The molecule has 3 nitrogen and oxygen atoms in total. The number of fused-ring (bicyclic) bond motifs is 1. The molecule has 0 radical (unpaired) electrons. The summed E-state index contributed by atoms with van der Waals surface area (Å²) in [6.45, 7) is 0. The molecular weight excluding hydrogens is 176 g/mol. The van der Waals surface area contributed by atoms with Gasteiger partial charge in [-0.3, -0.25) is 4.79 Å². The molecular formula is C8H5ClN2O. The van der Waals surface area contributed by atoms with Crippen LogP contribution in [0.4, 0.5) is 0 Å². The van der Waals surface area contributed by atoms with Gasteiger partial charge < -0.3 is 0 Å². The molecule has 12 heavy (non-hydrogen) atoms. The zero-order valence-electron chi connectivity index (χ0n) is 6.07. The van der Waals surface area contributed by atoms with E-state index in [2.05, 4.69) is 5.10 Å². The molecule has 4 heteroatoms. The van der Waals surface area contributed by atoms with Crippen molar-refractivity contribution in [2.75, 3.05) is 0 Å². The molecule has 0 bridgehead atoms. The van der Waals surface area contributed by atoms with Crippen LogP contribution in [0.5, 0.6) is 0 Å². The maximum Gasteiger partial charge on any atom is 0.256 e. The van der Waals surface area contributed by atoms with E-state index in [1.54, 1.807) is 16.8 Å². The fourth-order valence-electron chi connectivity index (χ4n) is 1.09. The molecule has 0 spiro atoms. The van der Waals surface area contributed by atoms with Crippen molar-refractivity contribution in [2.24, 2.45) is 0 Å². The van der Waals surface area contributed by atoms with E-state index in [4.69, 9.17) is 11.6 Å². The van der Waals surface area contributed by atoms with Gasteiger partial charge in [0.25, 0.3) is 5.24 Å². The van der Waals surface area contributed by atoms with E-state index >= 15 is 0 Å². The average Bonchev–Trinajstić information content (AvgIpc) is 2.47. The minimum atomic E-state index is -0.476. The average molecular weight is 181 g/mol. The van der Waals surface area contributed by atoms with E-state index in [-0.39, 0.29) is 0 Å². The van der Waals surface area contributed by atoms with Gasteiger partial charge >= 0.3 is 0 Å². The lowest BCUT2D eigenvalue weighted by Crippen LogP contribution is -1.87. The highest BCUT2D eigenvalue weighted by Crippen LogP contribution is 2.11. The summed E-state index contributed by atoms with van der Waals surface area (Å²) < 4.78 is 1.61. The van der Waals surface area contributed by atoms with Gasteiger partial charge in [-0.25, -0.2) is 4.52 Å². The highest BCUT2D eigenvalue weighted by Gasteiger charge is 2.08. The number of halogens is 1. The second-order valence-electron chi connectivity index (χ2n) is 2.36. The number of nitrogens with zero attached hydrogens (tertiary/aromatic N) is 2. The van der Waals surface area contributed by atoms with Gasteiger partial charge in [0, 0.05) is 6.20 Å². The summed E-state index contributed by atoms with van der Waals surface area (Å²) in [4.78, 5) is 10.8. The number of carbonyl (C=O) groups excluding carboxylic acids is 1. The molecule has 0 aliphatic rings. The molecule has 0 unspecified atom stereocenters. The molecule has 60 valence electrons. The molecule has 2 aromatic heterocycles. The summed E-state index contributed by atoms with van der Waals surface area (Å²) in [5, 5.41) is 3.48. The van der Waals surface area contributed by atoms with Crippen LogP contribution in [0.15, 0.2) is 30.6 Å². The first-order valence-corrected chi connectivity index (χ1v) is 3.79. The van der Waals surface area contributed by atoms with Gasteiger partial charge in [-0.1, -0.05) is 6.07 Å². The van der Waals surface area contributed by atoms with Crippen molar-refractivity contribution in [1.82, 2.24) is 9.61 Å². The van der Waals surface area contributed by atoms with E-state index in [1.165, 1.54) is 6.20 Å². The van der Waals surface area contributed by atoms with E-state index < -0.39 is 5.24 Å². The fraction of sp³-hybridized carbons (Fsp3) is 0. The van der Waals surface area contributed by atoms with E-state index in [0.29, 0.717) is 5.56 Å². The van der Waals surface area contributed by atoms with Gasteiger partial charge in [0.05, 0.1) is 17.3 Å². The normalized spacial score (nSPS) is 10.4. The maximum absolute atomic E-state index is 10.8. The van der Waals surface area contributed by atoms with Crippen molar-refractivity contribution in [3.05, 3.63) is 36.2 Å². The van der Waals surface area contributed by atoms with Gasteiger partial charge in [-0.05, 0) is 23.7 Å². The van der Waals surface area contributed by atoms with Crippen molar-refractivity contribution in [3.63, 3.8) is 0 Å². The van der Waals surface area contributed by atoms with Crippen LogP contribution in [0.3, 0.4) is 0 Å². The zero-order valence-corrected chi connectivity index (χ0v) is 6.82. The van der Waals surface area contributed by atoms with E-state index in [1.807, 2.05) is 12.1 Å². The molecule has 2 aromatic rings. The Kier molecular flexibility index (Phi) is 1.59. The molecule has 0 atom stereocenters. The van der Waals surface area contributed by atoms with Crippen molar-refractivity contribution < 1.29 is 4.79 Å². The Labute approximate surface area is 73.6 Å². The lowest BCUT2D eigenvalue weighted by atomic mass is 10.3. The first kappa shape index (κ1) is 7.31. The summed E-state index contributed by atoms with van der Waals surface area (Å²) in [7, 11) is 0. The van der Waals surface area contributed by atoms with E-state index in [9.17, 15) is 4.79 Å². The molecule has 0 amide bonds. The minimum absolute atomic E-state index is 0.442. The Bertz CT molecular complexity index is 435. The van der Waals surface area contributed by atoms with Gasteiger partial charge in [-0.2, -0.15) is 5.10 Å². The Morgan fingerprint density at radius 1 is 1.50 bits per heavy atom.